The van der Waals surface area contributed by atoms with Gasteiger partial charge in [-0.2, -0.15) is 0 Å². The number of para-hydroxylation sites is 1. The SMILES string of the molecule is COC(=O)c1cccc2c(N=[N+]=[N-])ccnc12. The number of ether oxygens (including phenoxy) is 1. The number of benzene rings is 1. The Kier molecular flexibility index (Phi) is 2.89. The topological polar surface area (TPSA) is 88.0 Å². The first-order valence-electron chi connectivity index (χ1n) is 4.79. The summed E-state index contributed by atoms with van der Waals surface area (Å²) < 4.78 is 4.66. The molecular weight excluding hydrogens is 220 g/mol. The molecule has 1 aromatic heterocycles. The van der Waals surface area contributed by atoms with E-state index in [1.54, 1.807) is 24.3 Å². The van der Waals surface area contributed by atoms with Crippen molar-refractivity contribution in [2.75, 3.05) is 7.11 Å². The van der Waals surface area contributed by atoms with Gasteiger partial charge in [0.05, 0.1) is 18.2 Å². The molecule has 0 saturated heterocycles. The van der Waals surface area contributed by atoms with Crippen LogP contribution in [0, 0.1) is 0 Å². The molecule has 0 aliphatic rings. The molecule has 1 heterocycles. The Labute approximate surface area is 96.5 Å². The van der Waals surface area contributed by atoms with Crippen LogP contribution in [-0.4, -0.2) is 18.1 Å². The van der Waals surface area contributed by atoms with Crippen LogP contribution in [-0.2, 0) is 4.74 Å². The first-order chi connectivity index (χ1) is 8.27. The van der Waals surface area contributed by atoms with Crippen molar-refractivity contribution < 1.29 is 9.53 Å². The zero-order valence-corrected chi connectivity index (χ0v) is 8.99. The van der Waals surface area contributed by atoms with Gasteiger partial charge < -0.3 is 4.74 Å². The van der Waals surface area contributed by atoms with Crippen LogP contribution in [0.15, 0.2) is 35.6 Å². The number of hydrogen-bond acceptors (Lipinski definition) is 4. The van der Waals surface area contributed by atoms with Crippen LogP contribution in [0.1, 0.15) is 10.4 Å². The van der Waals surface area contributed by atoms with Crippen molar-refractivity contribution in [2.45, 2.75) is 0 Å². The van der Waals surface area contributed by atoms with E-state index in [-0.39, 0.29) is 0 Å². The van der Waals surface area contributed by atoms with Crippen LogP contribution in [0.25, 0.3) is 21.3 Å². The summed E-state index contributed by atoms with van der Waals surface area (Å²) in [6.45, 7) is 0. The molecule has 2 rings (SSSR count). The van der Waals surface area contributed by atoms with Gasteiger partial charge in [0, 0.05) is 22.2 Å². The zero-order valence-electron chi connectivity index (χ0n) is 8.99. The van der Waals surface area contributed by atoms with Gasteiger partial charge in [-0.25, -0.2) is 4.79 Å². The van der Waals surface area contributed by atoms with E-state index in [1.807, 2.05) is 0 Å². The van der Waals surface area contributed by atoms with Crippen molar-refractivity contribution in [2.24, 2.45) is 5.11 Å². The summed E-state index contributed by atoms with van der Waals surface area (Å²) in [6, 6.07) is 6.62. The Balaban J connectivity index is 2.78. The third kappa shape index (κ3) is 1.89. The summed E-state index contributed by atoms with van der Waals surface area (Å²) in [5.74, 6) is -0.471. The fourth-order valence-corrected chi connectivity index (χ4v) is 1.57. The predicted molar refractivity (Wildman–Crippen MR) is 61.9 cm³/mol. The number of nitrogens with zero attached hydrogens (tertiary/aromatic N) is 4. The highest BCUT2D eigenvalue weighted by Gasteiger charge is 2.12. The highest BCUT2D eigenvalue weighted by molar-refractivity contribution is 6.05. The summed E-state index contributed by atoms with van der Waals surface area (Å²) in [6.07, 6.45) is 1.48. The Hall–Kier alpha value is -2.59. The summed E-state index contributed by atoms with van der Waals surface area (Å²) in [5, 5.41) is 4.17. The minimum atomic E-state index is -0.471. The molecule has 0 amide bonds. The Morgan fingerprint density at radius 2 is 2.29 bits per heavy atom. The van der Waals surface area contributed by atoms with E-state index < -0.39 is 5.97 Å². The fourth-order valence-electron chi connectivity index (χ4n) is 1.57. The molecule has 0 aliphatic heterocycles. The number of pyridine rings is 1. The molecule has 0 N–H and O–H groups in total. The standard InChI is InChI=1S/C11H8N4O2/c1-17-11(16)8-4-2-3-7-9(14-15-12)5-6-13-10(7)8/h2-6H,1H3. The molecule has 17 heavy (non-hydrogen) atoms. The maximum absolute atomic E-state index is 11.5. The lowest BCUT2D eigenvalue weighted by atomic mass is 10.1. The molecule has 6 heteroatoms. The van der Waals surface area contributed by atoms with E-state index in [1.165, 1.54) is 13.3 Å². The number of esters is 1. The van der Waals surface area contributed by atoms with Gasteiger partial charge in [-0.1, -0.05) is 17.2 Å². The van der Waals surface area contributed by atoms with Crippen LogP contribution < -0.4 is 0 Å². The van der Waals surface area contributed by atoms with Gasteiger partial charge in [0.1, 0.15) is 0 Å². The van der Waals surface area contributed by atoms with Crippen molar-refractivity contribution in [1.82, 2.24) is 4.98 Å². The molecule has 1 aromatic carbocycles. The predicted octanol–water partition coefficient (Wildman–Crippen LogP) is 2.96. The first-order valence-corrected chi connectivity index (χ1v) is 4.79. The number of carbonyl (C=O) groups is 1. The number of methoxy groups -OCH3 is 1. The lowest BCUT2D eigenvalue weighted by Crippen LogP contribution is -2.02. The average Bonchev–Trinajstić information content (AvgIpc) is 2.38. The van der Waals surface area contributed by atoms with E-state index in [0.717, 1.165) is 0 Å². The molecule has 84 valence electrons. The Morgan fingerprint density at radius 3 is 3.00 bits per heavy atom. The highest BCUT2D eigenvalue weighted by atomic mass is 16.5. The minimum Gasteiger partial charge on any atom is -0.465 e. The summed E-state index contributed by atoms with van der Waals surface area (Å²) >= 11 is 0. The van der Waals surface area contributed by atoms with Crippen molar-refractivity contribution in [3.63, 3.8) is 0 Å². The molecule has 0 bridgehead atoms. The molecule has 0 fully saturated rings. The van der Waals surface area contributed by atoms with Gasteiger partial charge in [-0.15, -0.1) is 0 Å². The lowest BCUT2D eigenvalue weighted by molar-refractivity contribution is 0.0603. The van der Waals surface area contributed by atoms with Crippen molar-refractivity contribution >= 4 is 22.6 Å². The third-order valence-corrected chi connectivity index (χ3v) is 2.31. The smallest absolute Gasteiger partial charge is 0.340 e. The quantitative estimate of drug-likeness (QED) is 0.342. The fraction of sp³-hybridized carbons (Fsp3) is 0.0909. The Morgan fingerprint density at radius 1 is 1.47 bits per heavy atom. The molecule has 0 spiro atoms. The van der Waals surface area contributed by atoms with Crippen LogP contribution in [0.4, 0.5) is 5.69 Å². The van der Waals surface area contributed by atoms with Gasteiger partial charge in [0.15, 0.2) is 0 Å². The van der Waals surface area contributed by atoms with Crippen molar-refractivity contribution in [1.29, 1.82) is 0 Å². The molecule has 0 atom stereocenters. The molecule has 6 nitrogen and oxygen atoms in total. The maximum Gasteiger partial charge on any atom is 0.340 e. The maximum atomic E-state index is 11.5. The normalized spacial score (nSPS) is 9.71. The minimum absolute atomic E-state index is 0.347. The summed E-state index contributed by atoms with van der Waals surface area (Å²) in [5.41, 5.74) is 9.69. The number of carbonyl (C=O) groups excluding carboxylic acids is 1. The number of hydrogen-bond donors (Lipinski definition) is 0. The Bertz CT molecular complexity index is 632. The number of rotatable bonds is 2. The van der Waals surface area contributed by atoms with Gasteiger partial charge in [-0.05, 0) is 17.7 Å². The van der Waals surface area contributed by atoms with Gasteiger partial charge >= 0.3 is 5.97 Å². The average molecular weight is 228 g/mol. The summed E-state index contributed by atoms with van der Waals surface area (Å²) in [4.78, 5) is 18.4. The number of fused-ring (bicyclic) bond motifs is 1. The van der Waals surface area contributed by atoms with E-state index in [2.05, 4.69) is 19.7 Å². The molecule has 0 saturated carbocycles. The monoisotopic (exact) mass is 228 g/mol. The first kappa shape index (κ1) is 10.9. The van der Waals surface area contributed by atoms with E-state index in [9.17, 15) is 4.79 Å². The molecule has 0 aliphatic carbocycles. The largest absolute Gasteiger partial charge is 0.465 e. The van der Waals surface area contributed by atoms with Gasteiger partial charge in [-0.3, -0.25) is 4.98 Å². The number of aromatic nitrogens is 1. The van der Waals surface area contributed by atoms with Crippen molar-refractivity contribution in [3.8, 4) is 0 Å². The van der Waals surface area contributed by atoms with Gasteiger partial charge in [0.25, 0.3) is 0 Å². The molecular formula is C11H8N4O2. The second kappa shape index (κ2) is 4.51. The zero-order chi connectivity index (χ0) is 12.3. The van der Waals surface area contributed by atoms with E-state index in [4.69, 9.17) is 5.53 Å². The molecule has 0 radical (unpaired) electrons. The van der Waals surface area contributed by atoms with Crippen LogP contribution >= 0.6 is 0 Å². The lowest BCUT2D eigenvalue weighted by Gasteiger charge is -2.05. The highest BCUT2D eigenvalue weighted by Crippen LogP contribution is 2.26. The van der Waals surface area contributed by atoms with E-state index in [0.29, 0.717) is 22.2 Å². The second-order valence-electron chi connectivity index (χ2n) is 3.21. The van der Waals surface area contributed by atoms with Crippen LogP contribution in [0.2, 0.25) is 0 Å². The van der Waals surface area contributed by atoms with E-state index >= 15 is 0 Å². The number of azide groups is 1. The molecule has 0 unspecified atom stereocenters. The third-order valence-electron chi connectivity index (χ3n) is 2.31. The van der Waals surface area contributed by atoms with Gasteiger partial charge in [0.2, 0.25) is 0 Å². The van der Waals surface area contributed by atoms with Crippen LogP contribution in [0.3, 0.4) is 0 Å². The summed E-state index contributed by atoms with van der Waals surface area (Å²) in [7, 11) is 1.30. The van der Waals surface area contributed by atoms with Crippen molar-refractivity contribution in [3.05, 3.63) is 46.5 Å². The second-order valence-corrected chi connectivity index (χ2v) is 3.21. The van der Waals surface area contributed by atoms with Crippen LogP contribution in [0.5, 0.6) is 0 Å². The molecule has 2 aromatic rings.